The number of hydrogen-bond donors (Lipinski definition) is 1. The van der Waals surface area contributed by atoms with Crippen molar-refractivity contribution in [1.82, 2.24) is 0 Å². The summed E-state index contributed by atoms with van der Waals surface area (Å²) in [6.07, 6.45) is -0.393. The molecule has 2 heterocycles. The predicted octanol–water partition coefficient (Wildman–Crippen LogP) is 3.00. The minimum atomic E-state index is -0.697. The van der Waals surface area contributed by atoms with Crippen LogP contribution in [0.15, 0.2) is 63.8 Å². The molecule has 0 saturated carbocycles. The van der Waals surface area contributed by atoms with Crippen LogP contribution in [0.25, 0.3) is 11.0 Å². The Morgan fingerprint density at radius 2 is 1.81 bits per heavy atom. The Bertz CT molecular complexity index is 1060. The zero-order valence-electron chi connectivity index (χ0n) is 13.6. The molecule has 1 aromatic heterocycles. The van der Waals surface area contributed by atoms with E-state index in [2.05, 4.69) is 5.32 Å². The van der Waals surface area contributed by atoms with Crippen LogP contribution in [0.4, 0.5) is 16.2 Å². The number of ether oxygens (including phenoxy) is 1. The number of hydrogen-bond acceptors (Lipinski definition) is 5. The predicted molar refractivity (Wildman–Crippen MR) is 95.6 cm³/mol. The lowest BCUT2D eigenvalue weighted by Gasteiger charge is -2.13. The first kappa shape index (κ1) is 15.9. The summed E-state index contributed by atoms with van der Waals surface area (Å²) in [6, 6.07) is 15.2. The van der Waals surface area contributed by atoms with Crippen molar-refractivity contribution < 1.29 is 18.7 Å². The highest BCUT2D eigenvalue weighted by atomic mass is 16.6. The number of amides is 2. The van der Waals surface area contributed by atoms with Gasteiger partial charge in [0.25, 0.3) is 5.91 Å². The topological polar surface area (TPSA) is 88.8 Å². The molecule has 4 rings (SSSR count). The molecule has 0 radical (unpaired) electrons. The van der Waals surface area contributed by atoms with E-state index in [1.165, 1.54) is 11.0 Å². The molecule has 3 aromatic rings. The lowest BCUT2D eigenvalue weighted by molar-refractivity contribution is 0.102. The monoisotopic (exact) mass is 350 g/mol. The van der Waals surface area contributed by atoms with Gasteiger partial charge in [0.1, 0.15) is 17.8 Å². The third-order valence-corrected chi connectivity index (χ3v) is 4.08. The molecule has 26 heavy (non-hydrogen) atoms. The molecule has 2 aromatic carbocycles. The second-order valence-electron chi connectivity index (χ2n) is 5.75. The van der Waals surface area contributed by atoms with E-state index in [1.54, 1.807) is 48.5 Å². The Kier molecular flexibility index (Phi) is 3.89. The molecule has 1 fully saturated rings. The highest BCUT2D eigenvalue weighted by Gasteiger charge is 2.23. The van der Waals surface area contributed by atoms with Crippen LogP contribution in [0.2, 0.25) is 0 Å². The van der Waals surface area contributed by atoms with Crippen molar-refractivity contribution in [3.8, 4) is 0 Å². The lowest BCUT2D eigenvalue weighted by Crippen LogP contribution is -2.23. The molecule has 0 atom stereocenters. The summed E-state index contributed by atoms with van der Waals surface area (Å²) in [6.45, 7) is 0.845. The van der Waals surface area contributed by atoms with E-state index in [0.717, 1.165) is 0 Å². The second-order valence-corrected chi connectivity index (χ2v) is 5.75. The van der Waals surface area contributed by atoms with Gasteiger partial charge in [-0.05, 0) is 36.4 Å². The molecule has 0 spiro atoms. The summed E-state index contributed by atoms with van der Waals surface area (Å²) < 4.78 is 10.1. The molecule has 2 amide bonds. The maximum atomic E-state index is 12.4. The van der Waals surface area contributed by atoms with Crippen molar-refractivity contribution in [2.45, 2.75) is 0 Å². The first-order chi connectivity index (χ1) is 12.6. The van der Waals surface area contributed by atoms with Gasteiger partial charge in [0, 0.05) is 16.8 Å². The fraction of sp³-hybridized carbons (Fsp3) is 0.105. The SMILES string of the molecule is O=C(Nc1ccc(N2CCOC2=O)cc1)c1cc2ccccc2oc1=O. The zero-order valence-corrected chi connectivity index (χ0v) is 13.6. The molecular weight excluding hydrogens is 336 g/mol. The van der Waals surface area contributed by atoms with Crippen LogP contribution in [0.1, 0.15) is 10.4 Å². The maximum absolute atomic E-state index is 12.4. The van der Waals surface area contributed by atoms with E-state index >= 15 is 0 Å². The largest absolute Gasteiger partial charge is 0.447 e. The Balaban J connectivity index is 1.55. The molecule has 7 heteroatoms. The second kappa shape index (κ2) is 6.36. The lowest BCUT2D eigenvalue weighted by atomic mass is 10.1. The van der Waals surface area contributed by atoms with Gasteiger partial charge in [-0.25, -0.2) is 9.59 Å². The van der Waals surface area contributed by atoms with E-state index in [-0.39, 0.29) is 5.56 Å². The highest BCUT2D eigenvalue weighted by Crippen LogP contribution is 2.21. The van der Waals surface area contributed by atoms with Crippen molar-refractivity contribution in [3.63, 3.8) is 0 Å². The molecule has 1 aliphatic rings. The fourth-order valence-corrected chi connectivity index (χ4v) is 2.77. The van der Waals surface area contributed by atoms with Crippen molar-refractivity contribution in [1.29, 1.82) is 0 Å². The molecule has 7 nitrogen and oxygen atoms in total. The Morgan fingerprint density at radius 1 is 1.04 bits per heavy atom. The third kappa shape index (κ3) is 2.90. The standard InChI is InChI=1S/C19H14N2O5/c22-17(15-11-12-3-1-2-4-16(12)26-18(15)23)20-13-5-7-14(8-6-13)21-9-10-25-19(21)24/h1-8,11H,9-10H2,(H,20,22). The Labute approximate surface area is 147 Å². The van der Waals surface area contributed by atoms with Crippen LogP contribution >= 0.6 is 0 Å². The smallest absolute Gasteiger partial charge is 0.414 e. The van der Waals surface area contributed by atoms with E-state index < -0.39 is 17.6 Å². The van der Waals surface area contributed by atoms with Gasteiger partial charge in [0.15, 0.2) is 0 Å². The number of nitrogens with one attached hydrogen (secondary N) is 1. The summed E-state index contributed by atoms with van der Waals surface area (Å²) in [4.78, 5) is 37.5. The number of rotatable bonds is 3. The van der Waals surface area contributed by atoms with Crippen LogP contribution < -0.4 is 15.8 Å². The molecule has 1 N–H and O–H groups in total. The average molecular weight is 350 g/mol. The summed E-state index contributed by atoms with van der Waals surface area (Å²) in [7, 11) is 0. The van der Waals surface area contributed by atoms with E-state index in [0.29, 0.717) is 35.5 Å². The Morgan fingerprint density at radius 3 is 2.54 bits per heavy atom. The molecule has 130 valence electrons. The van der Waals surface area contributed by atoms with Crippen LogP contribution in [0, 0.1) is 0 Å². The summed E-state index contributed by atoms with van der Waals surface area (Å²) in [5.74, 6) is -0.558. The fourth-order valence-electron chi connectivity index (χ4n) is 2.77. The Hall–Kier alpha value is -3.61. The van der Waals surface area contributed by atoms with Crippen molar-refractivity contribution >= 4 is 34.3 Å². The van der Waals surface area contributed by atoms with E-state index in [9.17, 15) is 14.4 Å². The van der Waals surface area contributed by atoms with Gasteiger partial charge in [0.05, 0.1) is 6.54 Å². The van der Waals surface area contributed by atoms with Gasteiger partial charge in [0.2, 0.25) is 0 Å². The number of para-hydroxylation sites is 1. The number of cyclic esters (lactones) is 1. The van der Waals surface area contributed by atoms with Gasteiger partial charge in [-0.3, -0.25) is 9.69 Å². The zero-order chi connectivity index (χ0) is 18.1. The van der Waals surface area contributed by atoms with Crippen LogP contribution in [-0.4, -0.2) is 25.2 Å². The molecule has 0 aliphatic carbocycles. The average Bonchev–Trinajstić information content (AvgIpc) is 3.07. The first-order valence-electron chi connectivity index (χ1n) is 8.00. The summed E-state index contributed by atoms with van der Waals surface area (Å²) in [5.41, 5.74) is 0.832. The summed E-state index contributed by atoms with van der Waals surface area (Å²) in [5, 5.41) is 3.33. The van der Waals surface area contributed by atoms with Crippen molar-refractivity contribution in [2.75, 3.05) is 23.4 Å². The molecule has 1 saturated heterocycles. The van der Waals surface area contributed by atoms with Crippen LogP contribution in [0.5, 0.6) is 0 Å². The van der Waals surface area contributed by atoms with Crippen molar-refractivity contribution in [3.05, 3.63) is 70.6 Å². The molecule has 0 bridgehead atoms. The quantitative estimate of drug-likeness (QED) is 0.734. The van der Waals surface area contributed by atoms with E-state index in [1.807, 2.05) is 0 Å². The van der Waals surface area contributed by atoms with E-state index in [4.69, 9.17) is 9.15 Å². The molecular formula is C19H14N2O5. The van der Waals surface area contributed by atoms with Gasteiger partial charge in [-0.1, -0.05) is 18.2 Å². The number of carbonyl (C=O) groups excluding carboxylic acids is 2. The van der Waals surface area contributed by atoms with Gasteiger partial charge < -0.3 is 14.5 Å². The van der Waals surface area contributed by atoms with Crippen LogP contribution in [0.3, 0.4) is 0 Å². The number of fused-ring (bicyclic) bond motifs is 1. The number of nitrogens with zero attached hydrogens (tertiary/aromatic N) is 1. The normalized spacial score (nSPS) is 13.7. The molecule has 1 aliphatic heterocycles. The highest BCUT2D eigenvalue weighted by molar-refractivity contribution is 6.05. The number of anilines is 2. The minimum Gasteiger partial charge on any atom is -0.447 e. The van der Waals surface area contributed by atoms with Crippen molar-refractivity contribution in [2.24, 2.45) is 0 Å². The van der Waals surface area contributed by atoms with Crippen LogP contribution in [-0.2, 0) is 4.74 Å². The maximum Gasteiger partial charge on any atom is 0.414 e. The number of carbonyl (C=O) groups is 2. The van der Waals surface area contributed by atoms with Gasteiger partial charge in [-0.2, -0.15) is 0 Å². The first-order valence-corrected chi connectivity index (χ1v) is 8.00. The number of benzene rings is 2. The minimum absolute atomic E-state index is 0.0732. The summed E-state index contributed by atoms with van der Waals surface area (Å²) >= 11 is 0. The van der Waals surface area contributed by atoms with Gasteiger partial charge >= 0.3 is 11.7 Å². The van der Waals surface area contributed by atoms with Gasteiger partial charge in [-0.15, -0.1) is 0 Å². The molecule has 0 unspecified atom stereocenters. The third-order valence-electron chi connectivity index (χ3n) is 4.08.